The number of nitrogens with one attached hydrogen (secondary N) is 1. The summed E-state index contributed by atoms with van der Waals surface area (Å²) in [7, 11) is 1.29. The molecule has 0 aromatic heterocycles. The van der Waals surface area contributed by atoms with Crippen molar-refractivity contribution in [2.45, 2.75) is 19.1 Å². The Labute approximate surface area is 103 Å². The lowest BCUT2D eigenvalue weighted by Gasteiger charge is -2.08. The Hall–Kier alpha value is -1.56. The highest BCUT2D eigenvalue weighted by Crippen LogP contribution is 2.18. The molecule has 1 rings (SSSR count). The van der Waals surface area contributed by atoms with E-state index in [1.807, 2.05) is 0 Å². The van der Waals surface area contributed by atoms with Gasteiger partial charge in [0.05, 0.1) is 19.1 Å². The number of esters is 1. The molecule has 1 N–H and O–H groups in total. The molecule has 0 aliphatic carbocycles. The molecule has 0 aliphatic rings. The van der Waals surface area contributed by atoms with Crippen LogP contribution in [-0.4, -0.2) is 25.8 Å². The summed E-state index contributed by atoms with van der Waals surface area (Å²) in [4.78, 5) is 11.1. The Balaban J connectivity index is 2.38. The number of benzene rings is 1. The van der Waals surface area contributed by atoms with Crippen LogP contribution in [0.3, 0.4) is 0 Å². The van der Waals surface area contributed by atoms with Gasteiger partial charge in [-0.3, -0.25) is 0 Å². The number of alkyl halides is 3. The Morgan fingerprint density at radius 2 is 1.89 bits per heavy atom. The minimum absolute atomic E-state index is 0.123. The van der Waals surface area contributed by atoms with Crippen molar-refractivity contribution in [3.05, 3.63) is 35.4 Å². The first-order chi connectivity index (χ1) is 8.42. The first kappa shape index (κ1) is 14.5. The molecule has 1 aromatic carbocycles. The minimum Gasteiger partial charge on any atom is -0.465 e. The average molecular weight is 261 g/mol. The molecule has 0 aliphatic heterocycles. The Kier molecular flexibility index (Phi) is 5.15. The fourth-order valence-electron chi connectivity index (χ4n) is 1.34. The van der Waals surface area contributed by atoms with Gasteiger partial charge in [0, 0.05) is 13.1 Å². The van der Waals surface area contributed by atoms with E-state index < -0.39 is 18.6 Å². The second-order valence-electron chi connectivity index (χ2n) is 3.73. The molecule has 18 heavy (non-hydrogen) atoms. The third kappa shape index (κ3) is 5.18. The highest BCUT2D eigenvalue weighted by Gasteiger charge is 2.25. The van der Waals surface area contributed by atoms with E-state index in [4.69, 9.17) is 0 Å². The van der Waals surface area contributed by atoms with Gasteiger partial charge >= 0.3 is 12.1 Å². The molecule has 100 valence electrons. The number of hydrogen-bond acceptors (Lipinski definition) is 3. The SMILES string of the molecule is COC(=O)c1ccc(CNCCC(F)(F)F)cc1. The van der Waals surface area contributed by atoms with Crippen molar-refractivity contribution in [1.29, 1.82) is 0 Å². The van der Waals surface area contributed by atoms with E-state index in [0.717, 1.165) is 5.56 Å². The zero-order chi connectivity index (χ0) is 13.6. The molecule has 3 nitrogen and oxygen atoms in total. The van der Waals surface area contributed by atoms with Crippen molar-refractivity contribution in [3.63, 3.8) is 0 Å². The number of hydrogen-bond donors (Lipinski definition) is 1. The van der Waals surface area contributed by atoms with Crippen molar-refractivity contribution in [1.82, 2.24) is 5.32 Å². The molecule has 0 bridgehead atoms. The van der Waals surface area contributed by atoms with E-state index in [-0.39, 0.29) is 6.54 Å². The maximum Gasteiger partial charge on any atom is 0.390 e. The number of carbonyl (C=O) groups excluding carboxylic acids is 1. The van der Waals surface area contributed by atoms with Crippen LogP contribution >= 0.6 is 0 Å². The van der Waals surface area contributed by atoms with Gasteiger partial charge in [0.25, 0.3) is 0 Å². The maximum atomic E-state index is 11.9. The quantitative estimate of drug-likeness (QED) is 0.653. The molecule has 0 fully saturated rings. The molecule has 0 unspecified atom stereocenters. The molecule has 0 saturated heterocycles. The van der Waals surface area contributed by atoms with Gasteiger partial charge in [0.1, 0.15) is 0 Å². The lowest BCUT2D eigenvalue weighted by Crippen LogP contribution is -2.21. The Morgan fingerprint density at radius 1 is 1.28 bits per heavy atom. The molecule has 1 aromatic rings. The highest BCUT2D eigenvalue weighted by molar-refractivity contribution is 5.89. The number of methoxy groups -OCH3 is 1. The monoisotopic (exact) mass is 261 g/mol. The standard InChI is InChI=1S/C12H14F3NO2/c1-18-11(17)10-4-2-9(3-5-10)8-16-7-6-12(13,14)15/h2-5,16H,6-8H2,1H3. The lowest BCUT2D eigenvalue weighted by atomic mass is 10.1. The van der Waals surface area contributed by atoms with Crippen LogP contribution in [0.4, 0.5) is 13.2 Å². The predicted molar refractivity (Wildman–Crippen MR) is 60.2 cm³/mol. The fraction of sp³-hybridized carbons (Fsp3) is 0.417. The van der Waals surface area contributed by atoms with Crippen LogP contribution in [0.5, 0.6) is 0 Å². The summed E-state index contributed by atoms with van der Waals surface area (Å²) in [6.45, 7) is 0.208. The predicted octanol–water partition coefficient (Wildman–Crippen LogP) is 2.52. The summed E-state index contributed by atoms with van der Waals surface area (Å²) in [5.41, 5.74) is 1.22. The van der Waals surface area contributed by atoms with E-state index in [2.05, 4.69) is 10.1 Å². The van der Waals surface area contributed by atoms with Crippen LogP contribution in [0.1, 0.15) is 22.3 Å². The van der Waals surface area contributed by atoms with Crippen LogP contribution in [-0.2, 0) is 11.3 Å². The van der Waals surface area contributed by atoms with Gasteiger partial charge in [-0.05, 0) is 17.7 Å². The lowest BCUT2D eigenvalue weighted by molar-refractivity contribution is -0.133. The van der Waals surface area contributed by atoms with Gasteiger partial charge in [-0.2, -0.15) is 13.2 Å². The molecular formula is C12H14F3NO2. The molecule has 0 saturated carbocycles. The van der Waals surface area contributed by atoms with Crippen molar-refractivity contribution in [2.75, 3.05) is 13.7 Å². The zero-order valence-electron chi connectivity index (χ0n) is 9.88. The van der Waals surface area contributed by atoms with Gasteiger partial charge in [-0.1, -0.05) is 12.1 Å². The first-order valence-corrected chi connectivity index (χ1v) is 5.37. The molecule has 0 heterocycles. The number of carbonyl (C=O) groups is 1. The molecule has 0 spiro atoms. The number of rotatable bonds is 5. The Morgan fingerprint density at radius 3 is 2.39 bits per heavy atom. The summed E-state index contributed by atoms with van der Waals surface area (Å²) >= 11 is 0. The van der Waals surface area contributed by atoms with Gasteiger partial charge in [0.2, 0.25) is 0 Å². The third-order valence-corrected chi connectivity index (χ3v) is 2.29. The van der Waals surface area contributed by atoms with Gasteiger partial charge in [0.15, 0.2) is 0 Å². The molecule has 0 atom stereocenters. The van der Waals surface area contributed by atoms with E-state index in [9.17, 15) is 18.0 Å². The van der Waals surface area contributed by atoms with Crippen molar-refractivity contribution in [2.24, 2.45) is 0 Å². The van der Waals surface area contributed by atoms with Crippen LogP contribution < -0.4 is 5.32 Å². The summed E-state index contributed by atoms with van der Waals surface area (Å²) in [5.74, 6) is -0.438. The van der Waals surface area contributed by atoms with Gasteiger partial charge < -0.3 is 10.1 Å². The van der Waals surface area contributed by atoms with Gasteiger partial charge in [-0.25, -0.2) is 4.79 Å². The molecular weight excluding hydrogens is 247 g/mol. The fourth-order valence-corrected chi connectivity index (χ4v) is 1.34. The van der Waals surface area contributed by atoms with Gasteiger partial charge in [-0.15, -0.1) is 0 Å². The zero-order valence-corrected chi connectivity index (χ0v) is 9.88. The Bertz CT molecular complexity index is 387. The topological polar surface area (TPSA) is 38.3 Å². The molecule has 6 heteroatoms. The van der Waals surface area contributed by atoms with Crippen molar-refractivity contribution in [3.8, 4) is 0 Å². The smallest absolute Gasteiger partial charge is 0.390 e. The largest absolute Gasteiger partial charge is 0.465 e. The molecule has 0 radical (unpaired) electrons. The number of ether oxygens (including phenoxy) is 1. The average Bonchev–Trinajstić information content (AvgIpc) is 2.33. The summed E-state index contributed by atoms with van der Waals surface area (Å²) in [6.07, 6.45) is -4.99. The third-order valence-electron chi connectivity index (χ3n) is 2.29. The second-order valence-corrected chi connectivity index (χ2v) is 3.73. The summed E-state index contributed by atoms with van der Waals surface area (Å²) in [5, 5.41) is 2.68. The summed E-state index contributed by atoms with van der Waals surface area (Å²) in [6, 6.07) is 6.50. The van der Waals surface area contributed by atoms with Crippen LogP contribution in [0, 0.1) is 0 Å². The molecule has 0 amide bonds. The number of halogens is 3. The van der Waals surface area contributed by atoms with E-state index in [1.165, 1.54) is 7.11 Å². The van der Waals surface area contributed by atoms with E-state index >= 15 is 0 Å². The van der Waals surface area contributed by atoms with Crippen LogP contribution in [0.25, 0.3) is 0 Å². The van der Waals surface area contributed by atoms with Crippen LogP contribution in [0.2, 0.25) is 0 Å². The maximum absolute atomic E-state index is 11.9. The van der Waals surface area contributed by atoms with Crippen LogP contribution in [0.15, 0.2) is 24.3 Å². The van der Waals surface area contributed by atoms with Crippen molar-refractivity contribution >= 4 is 5.97 Å². The minimum atomic E-state index is -4.14. The normalized spacial score (nSPS) is 11.3. The summed E-state index contributed by atoms with van der Waals surface area (Å²) < 4.78 is 40.1. The second kappa shape index (κ2) is 6.39. The van der Waals surface area contributed by atoms with E-state index in [1.54, 1.807) is 24.3 Å². The highest BCUT2D eigenvalue weighted by atomic mass is 19.4. The van der Waals surface area contributed by atoms with Crippen molar-refractivity contribution < 1.29 is 22.7 Å². The van der Waals surface area contributed by atoms with E-state index in [0.29, 0.717) is 12.1 Å². The first-order valence-electron chi connectivity index (χ1n) is 5.37.